The molecule has 0 aromatic carbocycles. The van der Waals surface area contributed by atoms with Gasteiger partial charge in [0.25, 0.3) is 0 Å². The highest BCUT2D eigenvalue weighted by Crippen LogP contribution is 2.26. The number of rotatable bonds is 2. The topological polar surface area (TPSA) is 29.1 Å². The van der Waals surface area contributed by atoms with E-state index in [4.69, 9.17) is 6.42 Å². The highest BCUT2D eigenvalue weighted by molar-refractivity contribution is 5.78. The van der Waals surface area contributed by atoms with Crippen molar-refractivity contribution in [3.8, 4) is 12.3 Å². The first-order valence-electron chi connectivity index (χ1n) is 3.95. The SMILES string of the molecule is C#CCC(=O)NC1CC(C)C1. The Morgan fingerprint density at radius 2 is 2.36 bits per heavy atom. The Hall–Kier alpha value is -0.970. The van der Waals surface area contributed by atoms with Crippen molar-refractivity contribution in [2.75, 3.05) is 0 Å². The zero-order valence-corrected chi connectivity index (χ0v) is 6.76. The van der Waals surface area contributed by atoms with Gasteiger partial charge in [0.1, 0.15) is 0 Å². The van der Waals surface area contributed by atoms with Crippen molar-refractivity contribution in [3.05, 3.63) is 0 Å². The van der Waals surface area contributed by atoms with E-state index in [1.54, 1.807) is 0 Å². The van der Waals surface area contributed by atoms with Crippen molar-refractivity contribution in [1.29, 1.82) is 0 Å². The van der Waals surface area contributed by atoms with E-state index in [0.29, 0.717) is 6.04 Å². The van der Waals surface area contributed by atoms with Gasteiger partial charge in [-0.25, -0.2) is 0 Å². The minimum absolute atomic E-state index is 0.00981. The quantitative estimate of drug-likeness (QED) is 0.584. The van der Waals surface area contributed by atoms with Crippen LogP contribution in [0.1, 0.15) is 26.2 Å². The summed E-state index contributed by atoms with van der Waals surface area (Å²) in [6, 6.07) is 0.394. The second kappa shape index (κ2) is 3.43. The first-order valence-corrected chi connectivity index (χ1v) is 3.95. The Labute approximate surface area is 67.4 Å². The zero-order valence-electron chi connectivity index (χ0n) is 6.76. The number of carbonyl (C=O) groups excluding carboxylic acids is 1. The molecule has 0 atom stereocenters. The molecule has 1 amide bonds. The summed E-state index contributed by atoms with van der Waals surface area (Å²) >= 11 is 0. The molecule has 60 valence electrons. The zero-order chi connectivity index (χ0) is 8.27. The molecule has 1 saturated carbocycles. The molecule has 0 aliphatic heterocycles. The third-order valence-corrected chi connectivity index (χ3v) is 2.00. The summed E-state index contributed by atoms with van der Waals surface area (Å²) in [5, 5.41) is 2.87. The largest absolute Gasteiger partial charge is 0.353 e. The van der Waals surface area contributed by atoms with E-state index in [2.05, 4.69) is 18.2 Å². The molecule has 0 saturated heterocycles. The number of carbonyl (C=O) groups is 1. The molecule has 0 aromatic rings. The number of hydrogen-bond donors (Lipinski definition) is 1. The summed E-state index contributed by atoms with van der Waals surface area (Å²) in [4.78, 5) is 10.9. The highest BCUT2D eigenvalue weighted by Gasteiger charge is 2.25. The van der Waals surface area contributed by atoms with E-state index in [0.717, 1.165) is 18.8 Å². The van der Waals surface area contributed by atoms with Crippen LogP contribution in [0, 0.1) is 18.3 Å². The average molecular weight is 151 g/mol. The average Bonchev–Trinajstić information content (AvgIpc) is 1.85. The smallest absolute Gasteiger partial charge is 0.232 e. The Morgan fingerprint density at radius 3 is 2.82 bits per heavy atom. The lowest BCUT2D eigenvalue weighted by molar-refractivity contribution is -0.121. The highest BCUT2D eigenvalue weighted by atomic mass is 16.1. The third-order valence-electron chi connectivity index (χ3n) is 2.00. The maximum atomic E-state index is 10.9. The van der Waals surface area contributed by atoms with Gasteiger partial charge in [0.2, 0.25) is 5.91 Å². The molecule has 0 aromatic heterocycles. The molecule has 1 N–H and O–H groups in total. The van der Waals surface area contributed by atoms with Crippen molar-refractivity contribution in [1.82, 2.24) is 5.32 Å². The predicted octanol–water partition coefficient (Wildman–Crippen LogP) is 0.924. The molecule has 2 nitrogen and oxygen atoms in total. The van der Waals surface area contributed by atoms with E-state index in [-0.39, 0.29) is 12.3 Å². The molecule has 1 fully saturated rings. The number of nitrogens with one attached hydrogen (secondary N) is 1. The van der Waals surface area contributed by atoms with Crippen molar-refractivity contribution in [2.45, 2.75) is 32.2 Å². The van der Waals surface area contributed by atoms with E-state index in [1.165, 1.54) is 0 Å². The van der Waals surface area contributed by atoms with Gasteiger partial charge in [-0.2, -0.15) is 0 Å². The van der Waals surface area contributed by atoms with Gasteiger partial charge in [-0.1, -0.05) is 12.8 Å². The van der Waals surface area contributed by atoms with Gasteiger partial charge in [-0.15, -0.1) is 6.42 Å². The van der Waals surface area contributed by atoms with E-state index >= 15 is 0 Å². The van der Waals surface area contributed by atoms with Crippen LogP contribution in [0.5, 0.6) is 0 Å². The fourth-order valence-electron chi connectivity index (χ4n) is 1.39. The monoisotopic (exact) mass is 151 g/mol. The Balaban J connectivity index is 2.13. The summed E-state index contributed by atoms with van der Waals surface area (Å²) in [5.41, 5.74) is 0. The van der Waals surface area contributed by atoms with Crippen LogP contribution in [0.4, 0.5) is 0 Å². The van der Waals surface area contributed by atoms with Gasteiger partial charge in [0, 0.05) is 6.04 Å². The van der Waals surface area contributed by atoms with E-state index in [9.17, 15) is 4.79 Å². The van der Waals surface area contributed by atoms with Crippen molar-refractivity contribution >= 4 is 5.91 Å². The van der Waals surface area contributed by atoms with Crippen molar-refractivity contribution in [2.24, 2.45) is 5.92 Å². The molecule has 2 heteroatoms. The van der Waals surface area contributed by atoms with E-state index < -0.39 is 0 Å². The van der Waals surface area contributed by atoms with Crippen LogP contribution in [-0.4, -0.2) is 11.9 Å². The molecular weight excluding hydrogens is 138 g/mol. The predicted molar refractivity (Wildman–Crippen MR) is 43.8 cm³/mol. The van der Waals surface area contributed by atoms with Gasteiger partial charge in [0.05, 0.1) is 6.42 Å². The molecule has 0 radical (unpaired) electrons. The molecular formula is C9H13NO. The third kappa shape index (κ3) is 2.27. The first kappa shape index (κ1) is 8.13. The Kier molecular flexibility index (Phi) is 2.53. The molecule has 11 heavy (non-hydrogen) atoms. The van der Waals surface area contributed by atoms with Crippen LogP contribution in [0.3, 0.4) is 0 Å². The number of hydrogen-bond acceptors (Lipinski definition) is 1. The number of terminal acetylenes is 1. The lowest BCUT2D eigenvalue weighted by Crippen LogP contribution is -2.43. The van der Waals surface area contributed by atoms with Crippen LogP contribution in [-0.2, 0) is 4.79 Å². The van der Waals surface area contributed by atoms with Crippen LogP contribution >= 0.6 is 0 Å². The van der Waals surface area contributed by atoms with Gasteiger partial charge >= 0.3 is 0 Å². The molecule has 1 rings (SSSR count). The van der Waals surface area contributed by atoms with Gasteiger partial charge in [-0.3, -0.25) is 4.79 Å². The second-order valence-electron chi connectivity index (χ2n) is 3.22. The maximum absolute atomic E-state index is 10.9. The second-order valence-corrected chi connectivity index (χ2v) is 3.22. The molecule has 1 aliphatic rings. The van der Waals surface area contributed by atoms with Crippen LogP contribution in [0.2, 0.25) is 0 Å². The fourth-order valence-corrected chi connectivity index (χ4v) is 1.39. The van der Waals surface area contributed by atoms with Gasteiger partial charge < -0.3 is 5.32 Å². The lowest BCUT2D eigenvalue weighted by Gasteiger charge is -2.33. The minimum Gasteiger partial charge on any atom is -0.353 e. The van der Waals surface area contributed by atoms with Crippen molar-refractivity contribution in [3.63, 3.8) is 0 Å². The number of amides is 1. The normalized spacial score (nSPS) is 28.4. The fraction of sp³-hybridized carbons (Fsp3) is 0.667. The summed E-state index contributed by atoms with van der Waals surface area (Å²) in [7, 11) is 0. The Bertz CT molecular complexity index is 186. The van der Waals surface area contributed by atoms with Crippen molar-refractivity contribution < 1.29 is 4.79 Å². The molecule has 1 aliphatic carbocycles. The molecule has 0 spiro atoms. The first-order chi connectivity index (χ1) is 5.22. The van der Waals surface area contributed by atoms with E-state index in [1.807, 2.05) is 0 Å². The standard InChI is InChI=1S/C9H13NO/c1-3-4-9(11)10-8-5-7(2)6-8/h1,7-8H,4-6H2,2H3,(H,10,11). The summed E-state index contributed by atoms with van der Waals surface area (Å²) < 4.78 is 0. The summed E-state index contributed by atoms with van der Waals surface area (Å²) in [6.07, 6.45) is 7.41. The summed E-state index contributed by atoms with van der Waals surface area (Å²) in [5.74, 6) is 3.08. The van der Waals surface area contributed by atoms with Crippen LogP contribution in [0.25, 0.3) is 0 Å². The van der Waals surface area contributed by atoms with Gasteiger partial charge in [-0.05, 0) is 18.8 Å². The summed E-state index contributed by atoms with van der Waals surface area (Å²) in [6.45, 7) is 2.18. The minimum atomic E-state index is -0.00981. The molecule has 0 bridgehead atoms. The molecule has 0 unspecified atom stereocenters. The molecule has 0 heterocycles. The van der Waals surface area contributed by atoms with Crippen LogP contribution in [0.15, 0.2) is 0 Å². The Morgan fingerprint density at radius 1 is 1.73 bits per heavy atom. The lowest BCUT2D eigenvalue weighted by atomic mass is 9.82. The maximum Gasteiger partial charge on any atom is 0.232 e. The van der Waals surface area contributed by atoms with Gasteiger partial charge in [0.15, 0.2) is 0 Å². The van der Waals surface area contributed by atoms with Crippen LogP contribution < -0.4 is 5.32 Å².